The van der Waals surface area contributed by atoms with Crippen LogP contribution in [0.15, 0.2) is 24.3 Å². The number of nitrogens with zero attached hydrogens (tertiary/aromatic N) is 1. The molecule has 0 radical (unpaired) electrons. The molecule has 216 valence electrons. The number of primary amides is 1. The Morgan fingerprint density at radius 1 is 1.05 bits per heavy atom. The predicted octanol–water partition coefficient (Wildman–Crippen LogP) is 4.19. The quantitative estimate of drug-likeness (QED) is 0.226. The van der Waals surface area contributed by atoms with E-state index in [1.807, 2.05) is 13.8 Å². The first kappa shape index (κ1) is 33.5. The van der Waals surface area contributed by atoms with Crippen LogP contribution in [0.4, 0.5) is 4.79 Å². The summed E-state index contributed by atoms with van der Waals surface area (Å²) in [4.78, 5) is 53.5. The van der Waals surface area contributed by atoms with Gasteiger partial charge in [0, 0.05) is 24.6 Å². The van der Waals surface area contributed by atoms with Gasteiger partial charge in [-0.05, 0) is 59.1 Å². The zero-order chi connectivity index (χ0) is 29.6. The van der Waals surface area contributed by atoms with Crippen molar-refractivity contribution in [2.75, 3.05) is 6.54 Å². The summed E-state index contributed by atoms with van der Waals surface area (Å²) in [6.07, 6.45) is 9.40. The Hall–Kier alpha value is -3.54. The molecule has 2 atom stereocenters. The van der Waals surface area contributed by atoms with Crippen molar-refractivity contribution in [2.45, 2.75) is 110 Å². The Bertz CT molecular complexity index is 1010. The van der Waals surface area contributed by atoms with Gasteiger partial charge in [-0.1, -0.05) is 56.7 Å². The molecule has 9 nitrogen and oxygen atoms in total. The third-order valence-electron chi connectivity index (χ3n) is 5.86. The van der Waals surface area contributed by atoms with Gasteiger partial charge in [0.05, 0.1) is 0 Å². The number of hydrogen-bond donors (Lipinski definition) is 3. The topological polar surface area (TPSA) is 131 Å². The Labute approximate surface area is 233 Å². The molecular weight excluding hydrogens is 496 g/mol. The summed E-state index contributed by atoms with van der Waals surface area (Å²) in [7, 11) is 0. The molecule has 39 heavy (non-hydrogen) atoms. The van der Waals surface area contributed by atoms with Crippen molar-refractivity contribution in [1.82, 2.24) is 15.5 Å². The van der Waals surface area contributed by atoms with Gasteiger partial charge < -0.3 is 26.0 Å². The lowest BCUT2D eigenvalue weighted by molar-refractivity contribution is -0.143. The van der Waals surface area contributed by atoms with Crippen LogP contribution in [0, 0.1) is 12.3 Å². The maximum Gasteiger partial charge on any atom is 0.408 e. The normalized spacial score (nSPS) is 12.7. The summed E-state index contributed by atoms with van der Waals surface area (Å²) in [5, 5.41) is 5.51. The van der Waals surface area contributed by atoms with Crippen molar-refractivity contribution in [3.8, 4) is 12.3 Å². The zero-order valence-corrected chi connectivity index (χ0v) is 24.3. The van der Waals surface area contributed by atoms with E-state index in [1.165, 1.54) is 4.90 Å². The summed E-state index contributed by atoms with van der Waals surface area (Å²) >= 11 is 0. The number of nitrogens with one attached hydrogen (secondary N) is 2. The molecule has 4 amide bonds. The van der Waals surface area contributed by atoms with E-state index in [-0.39, 0.29) is 31.3 Å². The van der Waals surface area contributed by atoms with Gasteiger partial charge in [-0.3, -0.25) is 14.4 Å². The highest BCUT2D eigenvalue weighted by Crippen LogP contribution is 2.27. The van der Waals surface area contributed by atoms with Crippen molar-refractivity contribution in [3.63, 3.8) is 0 Å². The molecular formula is C30H46N4O5. The van der Waals surface area contributed by atoms with Crippen molar-refractivity contribution >= 4 is 23.8 Å². The van der Waals surface area contributed by atoms with Crippen LogP contribution >= 0.6 is 0 Å². The molecule has 0 spiro atoms. The SMILES string of the molecule is C#Cc1ccccc1C(C(=O)NC(C)C)N(CCCCCCC)C(=O)C(CCC(N)=O)NC(=O)OC(C)(C)C. The predicted molar refractivity (Wildman–Crippen MR) is 152 cm³/mol. The lowest BCUT2D eigenvalue weighted by Gasteiger charge is -2.35. The van der Waals surface area contributed by atoms with Gasteiger partial charge in [0.2, 0.25) is 17.7 Å². The highest BCUT2D eigenvalue weighted by molar-refractivity contribution is 5.93. The number of hydrogen-bond acceptors (Lipinski definition) is 5. The Kier molecular flexibility index (Phi) is 14.1. The van der Waals surface area contributed by atoms with Gasteiger partial charge in [0.15, 0.2) is 0 Å². The zero-order valence-electron chi connectivity index (χ0n) is 24.3. The molecule has 2 unspecified atom stereocenters. The van der Waals surface area contributed by atoms with E-state index < -0.39 is 35.6 Å². The largest absolute Gasteiger partial charge is 0.444 e. The standard InChI is InChI=1S/C30H46N4O5/c1-8-10-11-12-15-20-34(26(27(36)32-21(3)4)23-17-14-13-16-22(23)9-2)28(37)24(18-19-25(31)35)33-29(38)39-30(5,6)7/h2,13-14,16-17,21,24,26H,8,10-12,15,18-20H2,1,3-7H3,(H2,31,35)(H,32,36)(H,33,38). The van der Waals surface area contributed by atoms with Gasteiger partial charge >= 0.3 is 6.09 Å². The minimum atomic E-state index is -1.14. The van der Waals surface area contributed by atoms with Crippen LogP contribution in [0.5, 0.6) is 0 Å². The first-order valence-electron chi connectivity index (χ1n) is 13.7. The van der Waals surface area contributed by atoms with Crippen LogP contribution in [0.25, 0.3) is 0 Å². The average molecular weight is 543 g/mol. The van der Waals surface area contributed by atoms with Gasteiger partial charge in [-0.2, -0.15) is 0 Å². The second kappa shape index (κ2) is 16.4. The molecule has 4 N–H and O–H groups in total. The van der Waals surface area contributed by atoms with Crippen molar-refractivity contribution in [1.29, 1.82) is 0 Å². The highest BCUT2D eigenvalue weighted by Gasteiger charge is 2.37. The van der Waals surface area contributed by atoms with Gasteiger partial charge in [0.1, 0.15) is 17.7 Å². The number of alkyl carbamates (subject to hydrolysis) is 1. The van der Waals surface area contributed by atoms with Crippen molar-refractivity contribution < 1.29 is 23.9 Å². The first-order chi connectivity index (χ1) is 18.3. The Balaban J connectivity index is 3.56. The van der Waals surface area contributed by atoms with Crippen LogP contribution < -0.4 is 16.4 Å². The van der Waals surface area contributed by atoms with E-state index in [2.05, 4.69) is 23.5 Å². The number of carbonyl (C=O) groups is 4. The molecule has 1 aromatic rings. The number of nitrogens with two attached hydrogens (primary N) is 1. The summed E-state index contributed by atoms with van der Waals surface area (Å²) in [6.45, 7) is 11.2. The highest BCUT2D eigenvalue weighted by atomic mass is 16.6. The molecule has 0 aliphatic carbocycles. The van der Waals surface area contributed by atoms with E-state index >= 15 is 0 Å². The minimum absolute atomic E-state index is 0.0466. The fourth-order valence-electron chi connectivity index (χ4n) is 4.13. The number of amides is 4. The van der Waals surface area contributed by atoms with Crippen LogP contribution in [-0.4, -0.2) is 52.9 Å². The molecule has 0 fully saturated rings. The third kappa shape index (κ3) is 12.2. The smallest absolute Gasteiger partial charge is 0.408 e. The number of ether oxygens (including phenoxy) is 1. The molecule has 0 heterocycles. The maximum atomic E-state index is 14.2. The molecule has 0 aromatic heterocycles. The number of rotatable bonds is 15. The van der Waals surface area contributed by atoms with E-state index in [0.717, 1.165) is 25.7 Å². The molecule has 0 aliphatic heterocycles. The second-order valence-electron chi connectivity index (χ2n) is 10.9. The molecule has 0 saturated carbocycles. The lowest BCUT2D eigenvalue weighted by Crippen LogP contribution is -2.54. The Morgan fingerprint density at radius 2 is 1.69 bits per heavy atom. The van der Waals surface area contributed by atoms with Gasteiger partial charge in [-0.25, -0.2) is 4.79 Å². The Morgan fingerprint density at radius 3 is 2.26 bits per heavy atom. The molecule has 1 rings (SSSR count). The summed E-state index contributed by atoms with van der Waals surface area (Å²) in [5.74, 6) is 1.10. The van der Waals surface area contributed by atoms with Gasteiger partial charge in [-0.15, -0.1) is 6.42 Å². The fraction of sp³-hybridized carbons (Fsp3) is 0.600. The van der Waals surface area contributed by atoms with E-state index in [9.17, 15) is 19.2 Å². The number of benzene rings is 1. The third-order valence-corrected chi connectivity index (χ3v) is 5.86. The first-order valence-corrected chi connectivity index (χ1v) is 13.7. The van der Waals surface area contributed by atoms with E-state index in [4.69, 9.17) is 16.9 Å². The average Bonchev–Trinajstić information content (AvgIpc) is 2.83. The monoisotopic (exact) mass is 542 g/mol. The molecule has 1 aromatic carbocycles. The van der Waals surface area contributed by atoms with Crippen LogP contribution in [0.1, 0.15) is 104 Å². The van der Waals surface area contributed by atoms with E-state index in [0.29, 0.717) is 17.5 Å². The summed E-state index contributed by atoms with van der Waals surface area (Å²) in [5.41, 5.74) is 5.56. The van der Waals surface area contributed by atoms with Crippen LogP contribution in [-0.2, 0) is 19.1 Å². The number of terminal acetylenes is 1. The maximum absolute atomic E-state index is 14.2. The van der Waals surface area contributed by atoms with Crippen LogP contribution in [0.3, 0.4) is 0 Å². The minimum Gasteiger partial charge on any atom is -0.444 e. The van der Waals surface area contributed by atoms with Crippen molar-refractivity contribution in [3.05, 3.63) is 35.4 Å². The van der Waals surface area contributed by atoms with Gasteiger partial charge in [0.25, 0.3) is 0 Å². The van der Waals surface area contributed by atoms with Crippen LogP contribution in [0.2, 0.25) is 0 Å². The lowest BCUT2D eigenvalue weighted by atomic mass is 9.96. The molecule has 0 saturated heterocycles. The molecule has 0 aliphatic rings. The fourth-order valence-corrected chi connectivity index (χ4v) is 4.13. The summed E-state index contributed by atoms with van der Waals surface area (Å²) in [6, 6.07) is 4.61. The number of unbranched alkanes of at least 4 members (excludes halogenated alkanes) is 4. The number of carbonyl (C=O) groups excluding carboxylic acids is 4. The molecule has 9 heteroatoms. The second-order valence-corrected chi connectivity index (χ2v) is 10.9. The molecule has 0 bridgehead atoms. The van der Waals surface area contributed by atoms with Crippen molar-refractivity contribution in [2.24, 2.45) is 5.73 Å². The van der Waals surface area contributed by atoms with E-state index in [1.54, 1.807) is 45.0 Å². The summed E-state index contributed by atoms with van der Waals surface area (Å²) < 4.78 is 5.37.